The van der Waals surface area contributed by atoms with Gasteiger partial charge in [0.25, 0.3) is 0 Å². The van der Waals surface area contributed by atoms with Crippen LogP contribution >= 0.6 is 0 Å². The second-order valence-electron chi connectivity index (χ2n) is 9.25. The van der Waals surface area contributed by atoms with E-state index in [1.54, 1.807) is 6.20 Å². The molecule has 7 aromatic rings. The van der Waals surface area contributed by atoms with Crippen LogP contribution in [0.3, 0.4) is 0 Å². The molecule has 4 aromatic carbocycles. The molecule has 0 atom stereocenters. The van der Waals surface area contributed by atoms with Crippen LogP contribution in [0.4, 0.5) is 0 Å². The maximum atomic E-state index is 4.98. The van der Waals surface area contributed by atoms with Gasteiger partial charge >= 0.3 is 0 Å². The second kappa shape index (κ2) is 10.3. The van der Waals surface area contributed by atoms with Crippen LogP contribution in [0.15, 0.2) is 134 Å². The lowest BCUT2D eigenvalue weighted by Crippen LogP contribution is -2.00. The monoisotopic (exact) mass is 514 g/mol. The highest BCUT2D eigenvalue weighted by Crippen LogP contribution is 2.32. The van der Waals surface area contributed by atoms with Crippen LogP contribution in [0.1, 0.15) is 0 Å². The molecule has 7 rings (SSSR count). The molecule has 40 heavy (non-hydrogen) atoms. The molecule has 0 aliphatic rings. The molecule has 0 unspecified atom stereocenters. The van der Waals surface area contributed by atoms with Crippen molar-refractivity contribution in [2.75, 3.05) is 0 Å². The van der Waals surface area contributed by atoms with E-state index in [-0.39, 0.29) is 0 Å². The SMILES string of the molecule is c1ccc(-c2nc(-c3ccccc3)nc(-c3cccc(-c4nc(-c5ccccn5)nc5ccccc45)c3)n2)cc1. The molecule has 0 fully saturated rings. The molecule has 188 valence electrons. The van der Waals surface area contributed by atoms with Crippen molar-refractivity contribution < 1.29 is 0 Å². The first-order valence-electron chi connectivity index (χ1n) is 13.0. The lowest BCUT2D eigenvalue weighted by Gasteiger charge is -2.11. The Kier molecular flexibility index (Phi) is 6.03. The van der Waals surface area contributed by atoms with Gasteiger partial charge in [-0.25, -0.2) is 24.9 Å². The molecule has 0 aliphatic carbocycles. The zero-order valence-corrected chi connectivity index (χ0v) is 21.4. The van der Waals surface area contributed by atoms with E-state index in [2.05, 4.69) is 17.1 Å². The van der Waals surface area contributed by atoms with Crippen molar-refractivity contribution in [3.05, 3.63) is 134 Å². The highest BCUT2D eigenvalue weighted by Gasteiger charge is 2.15. The Balaban J connectivity index is 1.40. The first kappa shape index (κ1) is 23.5. The van der Waals surface area contributed by atoms with Crippen LogP contribution in [0.2, 0.25) is 0 Å². The van der Waals surface area contributed by atoms with E-state index in [0.29, 0.717) is 23.3 Å². The number of pyridine rings is 1. The van der Waals surface area contributed by atoms with E-state index >= 15 is 0 Å². The molecule has 0 amide bonds. The minimum absolute atomic E-state index is 0.581. The van der Waals surface area contributed by atoms with E-state index in [4.69, 9.17) is 24.9 Å². The Morgan fingerprint density at radius 2 is 0.950 bits per heavy atom. The third-order valence-electron chi connectivity index (χ3n) is 6.59. The lowest BCUT2D eigenvalue weighted by molar-refractivity contribution is 1.07. The molecule has 0 N–H and O–H groups in total. The van der Waals surface area contributed by atoms with Crippen LogP contribution < -0.4 is 0 Å². The summed E-state index contributed by atoms with van der Waals surface area (Å²) < 4.78 is 0. The number of rotatable bonds is 5. The number of aromatic nitrogens is 6. The van der Waals surface area contributed by atoms with E-state index in [1.165, 1.54) is 0 Å². The van der Waals surface area contributed by atoms with Gasteiger partial charge in [-0.1, -0.05) is 103 Å². The summed E-state index contributed by atoms with van der Waals surface area (Å²) in [6.07, 6.45) is 1.75. The summed E-state index contributed by atoms with van der Waals surface area (Å²) in [6, 6.07) is 41.9. The molecule has 3 heterocycles. The van der Waals surface area contributed by atoms with Crippen molar-refractivity contribution in [2.45, 2.75) is 0 Å². The largest absolute Gasteiger partial charge is 0.253 e. The third-order valence-corrected chi connectivity index (χ3v) is 6.59. The summed E-state index contributed by atoms with van der Waals surface area (Å²) in [5.74, 6) is 2.43. The first-order valence-corrected chi connectivity index (χ1v) is 13.0. The highest BCUT2D eigenvalue weighted by molar-refractivity contribution is 5.94. The van der Waals surface area contributed by atoms with Gasteiger partial charge in [0.1, 0.15) is 5.69 Å². The second-order valence-corrected chi connectivity index (χ2v) is 9.25. The Morgan fingerprint density at radius 1 is 0.375 bits per heavy atom. The lowest BCUT2D eigenvalue weighted by atomic mass is 10.0. The maximum Gasteiger partial charge on any atom is 0.179 e. The summed E-state index contributed by atoms with van der Waals surface area (Å²) in [4.78, 5) is 28.9. The molecule has 0 radical (unpaired) electrons. The van der Waals surface area contributed by atoms with E-state index in [9.17, 15) is 0 Å². The van der Waals surface area contributed by atoms with Gasteiger partial charge in [-0.05, 0) is 24.3 Å². The fourth-order valence-corrected chi connectivity index (χ4v) is 4.65. The van der Waals surface area contributed by atoms with Crippen molar-refractivity contribution in [2.24, 2.45) is 0 Å². The van der Waals surface area contributed by atoms with Crippen LogP contribution in [-0.4, -0.2) is 29.9 Å². The zero-order chi connectivity index (χ0) is 26.7. The molecule has 6 nitrogen and oxygen atoms in total. The molecule has 0 bridgehead atoms. The maximum absolute atomic E-state index is 4.98. The number of benzene rings is 4. The van der Waals surface area contributed by atoms with Crippen molar-refractivity contribution in [1.29, 1.82) is 0 Å². The van der Waals surface area contributed by atoms with Gasteiger partial charge in [0, 0.05) is 33.8 Å². The Labute approximate surface area is 231 Å². The average molecular weight is 515 g/mol. The topological polar surface area (TPSA) is 77.3 Å². The average Bonchev–Trinajstić information content (AvgIpc) is 3.05. The molecule has 0 spiro atoms. The standard InChI is InChI=1S/C34H22N6/c1-3-12-23(13-4-1)31-38-32(24-14-5-2-6-15-24)40-33(39-31)26-17-11-16-25(22-26)30-27-18-7-8-19-28(27)36-34(37-30)29-20-9-10-21-35-29/h1-22H. The molecule has 0 saturated carbocycles. The Bertz CT molecular complexity index is 1880. The normalized spacial score (nSPS) is 11.0. The Morgan fingerprint density at radius 3 is 1.62 bits per heavy atom. The van der Waals surface area contributed by atoms with Crippen LogP contribution in [0.5, 0.6) is 0 Å². The molecule has 0 saturated heterocycles. The quantitative estimate of drug-likeness (QED) is 0.236. The van der Waals surface area contributed by atoms with Crippen LogP contribution in [0.25, 0.3) is 67.8 Å². The number of para-hydroxylation sites is 1. The molecule has 3 aromatic heterocycles. The molecule has 6 heteroatoms. The zero-order valence-electron chi connectivity index (χ0n) is 21.4. The van der Waals surface area contributed by atoms with Crippen LogP contribution in [0, 0.1) is 0 Å². The van der Waals surface area contributed by atoms with E-state index < -0.39 is 0 Å². The van der Waals surface area contributed by atoms with Gasteiger partial charge < -0.3 is 0 Å². The van der Waals surface area contributed by atoms with Gasteiger partial charge in [0.2, 0.25) is 0 Å². The smallest absolute Gasteiger partial charge is 0.179 e. The van der Waals surface area contributed by atoms with Crippen molar-refractivity contribution in [1.82, 2.24) is 29.9 Å². The van der Waals surface area contributed by atoms with E-state index in [0.717, 1.165) is 44.5 Å². The highest BCUT2D eigenvalue weighted by atomic mass is 15.0. The van der Waals surface area contributed by atoms with Crippen molar-refractivity contribution >= 4 is 10.9 Å². The summed E-state index contributed by atoms with van der Waals surface area (Å²) in [5.41, 5.74) is 6.09. The first-order chi connectivity index (χ1) is 19.8. The predicted octanol–water partition coefficient (Wildman–Crippen LogP) is 7.54. The number of fused-ring (bicyclic) bond motifs is 1. The Hall–Kier alpha value is -5.62. The number of nitrogens with zero attached hydrogens (tertiary/aromatic N) is 6. The van der Waals surface area contributed by atoms with Gasteiger partial charge in [-0.2, -0.15) is 0 Å². The van der Waals surface area contributed by atoms with Crippen molar-refractivity contribution in [3.8, 4) is 56.9 Å². The summed E-state index contributed by atoms with van der Waals surface area (Å²) in [6.45, 7) is 0. The fraction of sp³-hybridized carbons (Fsp3) is 0. The summed E-state index contributed by atoms with van der Waals surface area (Å²) >= 11 is 0. The van der Waals surface area contributed by atoms with E-state index in [1.807, 2.05) is 115 Å². The van der Waals surface area contributed by atoms with Gasteiger partial charge in [0.15, 0.2) is 23.3 Å². The number of hydrogen-bond donors (Lipinski definition) is 0. The third kappa shape index (κ3) is 4.59. The van der Waals surface area contributed by atoms with Gasteiger partial charge in [-0.15, -0.1) is 0 Å². The summed E-state index contributed by atoms with van der Waals surface area (Å²) in [5, 5.41) is 0.963. The number of hydrogen-bond acceptors (Lipinski definition) is 6. The molecular weight excluding hydrogens is 492 g/mol. The minimum Gasteiger partial charge on any atom is -0.253 e. The van der Waals surface area contributed by atoms with Gasteiger partial charge in [-0.3, -0.25) is 4.98 Å². The fourth-order valence-electron chi connectivity index (χ4n) is 4.65. The minimum atomic E-state index is 0.581. The summed E-state index contributed by atoms with van der Waals surface area (Å²) in [7, 11) is 0. The van der Waals surface area contributed by atoms with Gasteiger partial charge in [0.05, 0.1) is 11.2 Å². The molecule has 0 aliphatic heterocycles. The molecular formula is C34H22N6. The van der Waals surface area contributed by atoms with Crippen molar-refractivity contribution in [3.63, 3.8) is 0 Å². The predicted molar refractivity (Wildman–Crippen MR) is 158 cm³/mol. The van der Waals surface area contributed by atoms with Crippen LogP contribution in [-0.2, 0) is 0 Å².